The Morgan fingerprint density at radius 2 is 1.63 bits per heavy atom. The molecular weight excluding hydrogens is 335 g/mol. The monoisotopic (exact) mass is 358 g/mol. The van der Waals surface area contributed by atoms with E-state index in [1.165, 1.54) is 17.2 Å². The minimum Gasteiger partial charge on any atom is -0.319 e. The maximum absolute atomic E-state index is 14.4. The third-order valence-electron chi connectivity index (χ3n) is 5.27. The van der Waals surface area contributed by atoms with Crippen LogP contribution in [0.15, 0.2) is 72.8 Å². The van der Waals surface area contributed by atoms with Gasteiger partial charge in [-0.2, -0.15) is 0 Å². The van der Waals surface area contributed by atoms with Crippen molar-refractivity contribution in [3.8, 4) is 11.4 Å². The normalized spacial score (nSPS) is 12.4. The second-order valence-electron chi connectivity index (χ2n) is 7.04. The number of halogens is 1. The van der Waals surface area contributed by atoms with Crippen LogP contribution in [-0.4, -0.2) is 9.55 Å². The average molecular weight is 358 g/mol. The minimum absolute atomic E-state index is 0.249. The second-order valence-corrected chi connectivity index (χ2v) is 7.04. The lowest BCUT2D eigenvalue weighted by molar-refractivity contribution is 0.628. The Morgan fingerprint density at radius 3 is 2.37 bits per heavy atom. The van der Waals surface area contributed by atoms with Crippen molar-refractivity contribution < 1.29 is 4.39 Å². The summed E-state index contributed by atoms with van der Waals surface area (Å²) in [4.78, 5) is 4.72. The van der Waals surface area contributed by atoms with Crippen molar-refractivity contribution in [1.29, 1.82) is 0 Å². The summed E-state index contributed by atoms with van der Waals surface area (Å²) >= 11 is 0. The molecule has 0 radical (unpaired) electrons. The molecule has 0 saturated heterocycles. The van der Waals surface area contributed by atoms with Gasteiger partial charge in [-0.05, 0) is 47.7 Å². The maximum atomic E-state index is 14.4. The van der Waals surface area contributed by atoms with Crippen LogP contribution in [-0.2, 0) is 6.54 Å². The van der Waals surface area contributed by atoms with Crippen molar-refractivity contribution in [3.63, 3.8) is 0 Å². The Labute approximate surface area is 159 Å². The fourth-order valence-electron chi connectivity index (χ4n) is 3.45. The van der Waals surface area contributed by atoms with Gasteiger partial charge in [0.15, 0.2) is 0 Å². The van der Waals surface area contributed by atoms with E-state index in [0.717, 1.165) is 17.5 Å². The molecule has 0 amide bonds. The molecule has 27 heavy (non-hydrogen) atoms. The third-order valence-corrected chi connectivity index (χ3v) is 5.27. The number of aromatic nitrogens is 2. The molecule has 1 unspecified atom stereocenters. The summed E-state index contributed by atoms with van der Waals surface area (Å²) in [5, 5.41) is 0. The Hall–Kier alpha value is -2.94. The maximum Gasteiger partial charge on any atom is 0.144 e. The van der Waals surface area contributed by atoms with E-state index in [1.807, 2.05) is 30.3 Å². The topological polar surface area (TPSA) is 17.8 Å². The van der Waals surface area contributed by atoms with Crippen LogP contribution < -0.4 is 0 Å². The van der Waals surface area contributed by atoms with Crippen LogP contribution in [0.25, 0.3) is 22.4 Å². The predicted octanol–water partition coefficient (Wildman–Crippen LogP) is 6.40. The summed E-state index contributed by atoms with van der Waals surface area (Å²) < 4.78 is 16.6. The lowest BCUT2D eigenvalue weighted by atomic mass is 9.97. The first kappa shape index (κ1) is 17.5. The molecule has 0 spiro atoms. The molecule has 2 nitrogen and oxygen atoms in total. The van der Waals surface area contributed by atoms with E-state index in [4.69, 9.17) is 4.98 Å². The molecule has 1 aromatic heterocycles. The van der Waals surface area contributed by atoms with Gasteiger partial charge in [0, 0.05) is 6.54 Å². The number of hydrogen-bond donors (Lipinski definition) is 0. The number of fused-ring (bicyclic) bond motifs is 1. The van der Waals surface area contributed by atoms with Gasteiger partial charge in [0.05, 0.1) is 16.6 Å². The Morgan fingerprint density at radius 1 is 0.926 bits per heavy atom. The van der Waals surface area contributed by atoms with Crippen LogP contribution >= 0.6 is 0 Å². The third kappa shape index (κ3) is 3.37. The molecule has 0 aliphatic carbocycles. The molecule has 4 rings (SSSR count). The molecule has 3 heteroatoms. The molecule has 0 saturated carbocycles. The summed E-state index contributed by atoms with van der Waals surface area (Å²) in [6.45, 7) is 5.11. The summed E-state index contributed by atoms with van der Waals surface area (Å²) in [5.41, 5.74) is 4.97. The van der Waals surface area contributed by atoms with Crippen molar-refractivity contribution >= 4 is 11.0 Å². The first-order chi connectivity index (χ1) is 13.2. The van der Waals surface area contributed by atoms with Crippen molar-refractivity contribution in [2.45, 2.75) is 32.7 Å². The van der Waals surface area contributed by atoms with Crippen LogP contribution in [0.1, 0.15) is 37.3 Å². The zero-order chi connectivity index (χ0) is 18.8. The van der Waals surface area contributed by atoms with E-state index >= 15 is 0 Å². The SMILES string of the molecule is CCC(C)c1ccc(Cn2c(-c3ccccc3F)nc3ccccc32)cc1. The smallest absolute Gasteiger partial charge is 0.144 e. The molecule has 0 N–H and O–H groups in total. The number of imidazole rings is 1. The van der Waals surface area contributed by atoms with Gasteiger partial charge >= 0.3 is 0 Å². The average Bonchev–Trinajstić information content (AvgIpc) is 3.06. The van der Waals surface area contributed by atoms with Crippen LogP contribution in [0.4, 0.5) is 4.39 Å². The molecule has 0 aliphatic rings. The lowest BCUT2D eigenvalue weighted by Gasteiger charge is -2.12. The summed E-state index contributed by atoms with van der Waals surface area (Å²) in [5.74, 6) is 0.976. The number of nitrogens with zero attached hydrogens (tertiary/aromatic N) is 2. The highest BCUT2D eigenvalue weighted by Gasteiger charge is 2.15. The highest BCUT2D eigenvalue weighted by atomic mass is 19.1. The van der Waals surface area contributed by atoms with Crippen molar-refractivity contribution in [2.75, 3.05) is 0 Å². The highest BCUT2D eigenvalue weighted by Crippen LogP contribution is 2.28. The Balaban J connectivity index is 1.79. The molecule has 0 fully saturated rings. The van der Waals surface area contributed by atoms with Crippen LogP contribution in [0.2, 0.25) is 0 Å². The first-order valence-corrected chi connectivity index (χ1v) is 9.46. The molecule has 0 aliphatic heterocycles. The number of para-hydroxylation sites is 2. The fraction of sp³-hybridized carbons (Fsp3) is 0.208. The molecule has 1 heterocycles. The van der Waals surface area contributed by atoms with Gasteiger partial charge in [-0.3, -0.25) is 0 Å². The van der Waals surface area contributed by atoms with Crippen molar-refractivity contribution in [3.05, 3.63) is 89.7 Å². The van der Waals surface area contributed by atoms with Gasteiger partial charge in [-0.25, -0.2) is 9.37 Å². The van der Waals surface area contributed by atoms with E-state index in [0.29, 0.717) is 23.9 Å². The zero-order valence-electron chi connectivity index (χ0n) is 15.7. The predicted molar refractivity (Wildman–Crippen MR) is 109 cm³/mol. The Bertz CT molecular complexity index is 1060. The van der Waals surface area contributed by atoms with E-state index in [1.54, 1.807) is 12.1 Å². The molecule has 4 aromatic rings. The molecule has 1 atom stereocenters. The largest absolute Gasteiger partial charge is 0.319 e. The number of rotatable bonds is 5. The molecule has 3 aromatic carbocycles. The second kappa shape index (κ2) is 7.36. The highest BCUT2D eigenvalue weighted by molar-refractivity contribution is 5.80. The van der Waals surface area contributed by atoms with Gasteiger partial charge in [0.2, 0.25) is 0 Å². The van der Waals surface area contributed by atoms with Crippen LogP contribution in [0.5, 0.6) is 0 Å². The van der Waals surface area contributed by atoms with E-state index in [9.17, 15) is 4.39 Å². The van der Waals surface area contributed by atoms with Crippen molar-refractivity contribution in [2.24, 2.45) is 0 Å². The molecule has 136 valence electrons. The van der Waals surface area contributed by atoms with Gasteiger partial charge in [-0.15, -0.1) is 0 Å². The van der Waals surface area contributed by atoms with Crippen LogP contribution in [0, 0.1) is 5.82 Å². The molecular formula is C24H23FN2. The zero-order valence-corrected chi connectivity index (χ0v) is 15.7. The van der Waals surface area contributed by atoms with E-state index < -0.39 is 0 Å². The first-order valence-electron chi connectivity index (χ1n) is 9.46. The summed E-state index contributed by atoms with van der Waals surface area (Å²) in [6.07, 6.45) is 1.13. The summed E-state index contributed by atoms with van der Waals surface area (Å²) in [6, 6.07) is 23.5. The number of benzene rings is 3. The van der Waals surface area contributed by atoms with Gasteiger partial charge in [0.1, 0.15) is 11.6 Å². The quantitative estimate of drug-likeness (QED) is 0.403. The van der Waals surface area contributed by atoms with E-state index in [-0.39, 0.29) is 5.82 Å². The fourth-order valence-corrected chi connectivity index (χ4v) is 3.45. The standard InChI is InChI=1S/C24H23FN2/c1-3-17(2)19-14-12-18(13-15-19)16-27-23-11-7-6-10-22(23)26-24(27)20-8-4-5-9-21(20)25/h4-15,17H,3,16H2,1-2H3. The number of hydrogen-bond acceptors (Lipinski definition) is 1. The van der Waals surface area contributed by atoms with Crippen molar-refractivity contribution in [1.82, 2.24) is 9.55 Å². The lowest BCUT2D eigenvalue weighted by Crippen LogP contribution is -2.03. The Kier molecular flexibility index (Phi) is 4.76. The minimum atomic E-state index is -0.249. The van der Waals surface area contributed by atoms with E-state index in [2.05, 4.69) is 42.7 Å². The van der Waals surface area contributed by atoms with Gasteiger partial charge in [-0.1, -0.05) is 62.4 Å². The van der Waals surface area contributed by atoms with Crippen LogP contribution in [0.3, 0.4) is 0 Å². The van der Waals surface area contributed by atoms with Gasteiger partial charge < -0.3 is 4.57 Å². The molecule has 0 bridgehead atoms. The summed E-state index contributed by atoms with van der Waals surface area (Å²) in [7, 11) is 0. The van der Waals surface area contributed by atoms with Gasteiger partial charge in [0.25, 0.3) is 0 Å².